The number of nitrogens with zero attached hydrogens (tertiary/aromatic N) is 1. The van der Waals surface area contributed by atoms with Gasteiger partial charge in [0.15, 0.2) is 0 Å². The van der Waals surface area contributed by atoms with Crippen molar-refractivity contribution in [3.05, 3.63) is 59.9 Å². The van der Waals surface area contributed by atoms with Crippen molar-refractivity contribution in [1.82, 2.24) is 10.3 Å². The number of rotatable bonds is 4. The monoisotopic (exact) mass is 288 g/mol. The largest absolute Gasteiger partial charge is 0.346 e. The van der Waals surface area contributed by atoms with Gasteiger partial charge in [-0.25, -0.2) is 0 Å². The van der Waals surface area contributed by atoms with E-state index in [-0.39, 0.29) is 11.9 Å². The highest BCUT2D eigenvalue weighted by Gasteiger charge is 2.11. The lowest BCUT2D eigenvalue weighted by Crippen LogP contribution is -2.26. The van der Waals surface area contributed by atoms with Crippen molar-refractivity contribution in [2.24, 2.45) is 0 Å². The van der Waals surface area contributed by atoms with Gasteiger partial charge in [-0.1, -0.05) is 0 Å². The van der Waals surface area contributed by atoms with E-state index >= 15 is 0 Å². The zero-order valence-electron chi connectivity index (χ0n) is 11.4. The lowest BCUT2D eigenvalue weighted by Gasteiger charge is -2.14. The second-order valence-electron chi connectivity index (χ2n) is 4.45. The zero-order chi connectivity index (χ0) is 14.5. The maximum atomic E-state index is 12.1. The fourth-order valence-electron chi connectivity index (χ4n) is 1.81. The molecule has 1 aromatic carbocycles. The minimum atomic E-state index is -1.03. The molecule has 0 fully saturated rings. The molecule has 0 saturated carbocycles. The van der Waals surface area contributed by atoms with E-state index in [1.54, 1.807) is 42.9 Å². The van der Waals surface area contributed by atoms with E-state index in [1.807, 2.05) is 19.1 Å². The smallest absolute Gasteiger partial charge is 0.251 e. The number of amides is 1. The van der Waals surface area contributed by atoms with Crippen LogP contribution in [0.2, 0.25) is 0 Å². The Morgan fingerprint density at radius 2 is 1.75 bits per heavy atom. The Balaban J connectivity index is 2.06. The van der Waals surface area contributed by atoms with Gasteiger partial charge in [0.25, 0.3) is 5.91 Å². The van der Waals surface area contributed by atoms with Gasteiger partial charge in [0.05, 0.1) is 6.04 Å². The molecular weight excluding hydrogens is 272 g/mol. The van der Waals surface area contributed by atoms with Crippen LogP contribution in [0.4, 0.5) is 0 Å². The van der Waals surface area contributed by atoms with E-state index in [1.165, 1.54) is 0 Å². The van der Waals surface area contributed by atoms with Crippen molar-refractivity contribution < 1.29 is 9.00 Å². The third-order valence-corrected chi connectivity index (χ3v) is 3.94. The quantitative estimate of drug-likeness (QED) is 0.939. The van der Waals surface area contributed by atoms with Crippen LogP contribution in [0.3, 0.4) is 0 Å². The van der Waals surface area contributed by atoms with Gasteiger partial charge in [-0.3, -0.25) is 14.0 Å². The number of carbonyl (C=O) groups is 1. The normalized spacial score (nSPS) is 13.5. The standard InChI is InChI=1S/C15H16N2O2S/c1-11(12-7-9-16-10-8-12)17-15(18)13-3-5-14(6-4-13)20(2)19/h3-11H,1-2H3,(H,17,18). The number of nitrogens with one attached hydrogen (secondary N) is 1. The number of pyridine rings is 1. The molecular formula is C15H16N2O2S. The number of carbonyl (C=O) groups excluding carboxylic acids is 1. The summed E-state index contributed by atoms with van der Waals surface area (Å²) in [5.41, 5.74) is 1.56. The van der Waals surface area contributed by atoms with Crippen LogP contribution in [0.25, 0.3) is 0 Å². The lowest BCUT2D eigenvalue weighted by atomic mass is 10.1. The van der Waals surface area contributed by atoms with Crippen molar-refractivity contribution in [2.75, 3.05) is 6.26 Å². The van der Waals surface area contributed by atoms with Crippen molar-refractivity contribution in [3.8, 4) is 0 Å². The lowest BCUT2D eigenvalue weighted by molar-refractivity contribution is 0.0940. The van der Waals surface area contributed by atoms with Crippen LogP contribution in [0.1, 0.15) is 28.9 Å². The van der Waals surface area contributed by atoms with Gasteiger partial charge in [-0.15, -0.1) is 0 Å². The van der Waals surface area contributed by atoms with Crippen LogP contribution in [0, 0.1) is 0 Å². The predicted octanol–water partition coefficient (Wildman–Crippen LogP) is 2.31. The summed E-state index contributed by atoms with van der Waals surface area (Å²) >= 11 is 0. The van der Waals surface area contributed by atoms with E-state index < -0.39 is 10.8 Å². The van der Waals surface area contributed by atoms with Gasteiger partial charge in [0.2, 0.25) is 0 Å². The summed E-state index contributed by atoms with van der Waals surface area (Å²) in [6.45, 7) is 1.92. The molecule has 20 heavy (non-hydrogen) atoms. The first-order valence-electron chi connectivity index (χ1n) is 6.22. The van der Waals surface area contributed by atoms with E-state index in [0.29, 0.717) is 10.5 Å². The first-order valence-corrected chi connectivity index (χ1v) is 7.78. The molecule has 1 N–H and O–H groups in total. The summed E-state index contributed by atoms with van der Waals surface area (Å²) in [5.74, 6) is -0.150. The molecule has 0 aliphatic rings. The number of hydrogen-bond acceptors (Lipinski definition) is 3. The average molecular weight is 288 g/mol. The average Bonchev–Trinajstić information content (AvgIpc) is 2.48. The van der Waals surface area contributed by atoms with Crippen LogP contribution in [0.15, 0.2) is 53.7 Å². The van der Waals surface area contributed by atoms with E-state index in [0.717, 1.165) is 5.56 Å². The molecule has 5 heteroatoms. The number of benzene rings is 1. The third-order valence-electron chi connectivity index (χ3n) is 3.00. The van der Waals surface area contributed by atoms with Gasteiger partial charge >= 0.3 is 0 Å². The summed E-state index contributed by atoms with van der Waals surface area (Å²) in [6, 6.07) is 10.4. The highest BCUT2D eigenvalue weighted by molar-refractivity contribution is 7.84. The van der Waals surface area contributed by atoms with Gasteiger partial charge in [-0.2, -0.15) is 0 Å². The van der Waals surface area contributed by atoms with Crippen LogP contribution in [-0.2, 0) is 10.8 Å². The van der Waals surface area contributed by atoms with Crippen molar-refractivity contribution in [1.29, 1.82) is 0 Å². The minimum absolute atomic E-state index is 0.0921. The van der Waals surface area contributed by atoms with Crippen LogP contribution < -0.4 is 5.32 Å². The highest BCUT2D eigenvalue weighted by atomic mass is 32.2. The molecule has 2 atom stereocenters. The van der Waals surface area contributed by atoms with Crippen molar-refractivity contribution >= 4 is 16.7 Å². The molecule has 1 amide bonds. The molecule has 1 aromatic heterocycles. The highest BCUT2D eigenvalue weighted by Crippen LogP contribution is 2.12. The molecule has 0 spiro atoms. The Kier molecular flexibility index (Phi) is 4.63. The Morgan fingerprint density at radius 1 is 1.15 bits per heavy atom. The maximum absolute atomic E-state index is 12.1. The first-order chi connectivity index (χ1) is 9.58. The van der Waals surface area contributed by atoms with Gasteiger partial charge in [0.1, 0.15) is 0 Å². The summed E-state index contributed by atoms with van der Waals surface area (Å²) < 4.78 is 11.3. The first kappa shape index (κ1) is 14.4. The SMILES string of the molecule is CC(NC(=O)c1ccc(S(C)=O)cc1)c1ccncc1. The van der Waals surface area contributed by atoms with Crippen LogP contribution in [0.5, 0.6) is 0 Å². The van der Waals surface area contributed by atoms with Crippen LogP contribution >= 0.6 is 0 Å². The minimum Gasteiger partial charge on any atom is -0.346 e. The molecule has 4 nitrogen and oxygen atoms in total. The van der Waals surface area contributed by atoms with E-state index in [4.69, 9.17) is 0 Å². The molecule has 104 valence electrons. The van der Waals surface area contributed by atoms with Gasteiger partial charge < -0.3 is 5.32 Å². The Labute approximate surface area is 120 Å². The molecule has 2 aromatic rings. The maximum Gasteiger partial charge on any atom is 0.251 e. The molecule has 0 aliphatic heterocycles. The molecule has 2 rings (SSSR count). The summed E-state index contributed by atoms with van der Waals surface area (Å²) in [6.07, 6.45) is 5.01. The van der Waals surface area contributed by atoms with Crippen molar-refractivity contribution in [2.45, 2.75) is 17.9 Å². The fraction of sp³-hybridized carbons (Fsp3) is 0.200. The van der Waals surface area contributed by atoms with Gasteiger partial charge in [-0.05, 0) is 48.9 Å². The summed E-state index contributed by atoms with van der Waals surface area (Å²) in [5, 5.41) is 2.92. The molecule has 0 aliphatic carbocycles. The molecule has 2 unspecified atom stereocenters. The van der Waals surface area contributed by atoms with Gasteiger partial charge in [0, 0.05) is 39.9 Å². The Bertz CT molecular complexity index is 612. The second-order valence-corrected chi connectivity index (χ2v) is 5.83. The zero-order valence-corrected chi connectivity index (χ0v) is 12.2. The fourth-order valence-corrected chi connectivity index (χ4v) is 2.33. The predicted molar refractivity (Wildman–Crippen MR) is 78.9 cm³/mol. The Morgan fingerprint density at radius 3 is 2.30 bits per heavy atom. The van der Waals surface area contributed by atoms with E-state index in [2.05, 4.69) is 10.3 Å². The second kappa shape index (κ2) is 6.43. The molecule has 0 bridgehead atoms. The van der Waals surface area contributed by atoms with Crippen LogP contribution in [-0.4, -0.2) is 21.4 Å². The molecule has 1 heterocycles. The Hall–Kier alpha value is -2.01. The topological polar surface area (TPSA) is 59.1 Å². The molecule has 0 radical (unpaired) electrons. The van der Waals surface area contributed by atoms with E-state index in [9.17, 15) is 9.00 Å². The summed E-state index contributed by atoms with van der Waals surface area (Å²) in [7, 11) is -1.03. The third kappa shape index (κ3) is 3.51. The number of hydrogen-bond donors (Lipinski definition) is 1. The molecule has 0 saturated heterocycles. The summed E-state index contributed by atoms with van der Waals surface area (Å²) in [4.78, 5) is 16.8. The number of aromatic nitrogens is 1. The van der Waals surface area contributed by atoms with Crippen molar-refractivity contribution in [3.63, 3.8) is 0 Å².